The van der Waals surface area contributed by atoms with Gasteiger partial charge in [-0.3, -0.25) is 0 Å². The molecule has 1 aromatic rings. The molecule has 102 valence electrons. The lowest BCUT2D eigenvalue weighted by molar-refractivity contribution is 0.404. The SMILES string of the molecule is CCC[C@@]12CCN(C)C1=CCc1ccc(OC)cc12. The molecule has 1 fully saturated rings. The zero-order valence-corrected chi connectivity index (χ0v) is 12.2. The minimum absolute atomic E-state index is 0.242. The van der Waals surface area contributed by atoms with Crippen LogP contribution < -0.4 is 4.74 Å². The molecule has 1 aromatic carbocycles. The summed E-state index contributed by atoms with van der Waals surface area (Å²) in [5.74, 6) is 0.991. The highest BCUT2D eigenvalue weighted by molar-refractivity contribution is 5.51. The van der Waals surface area contributed by atoms with Gasteiger partial charge in [0, 0.05) is 24.7 Å². The van der Waals surface area contributed by atoms with Gasteiger partial charge in [-0.15, -0.1) is 0 Å². The summed E-state index contributed by atoms with van der Waals surface area (Å²) in [7, 11) is 3.99. The quantitative estimate of drug-likeness (QED) is 0.821. The van der Waals surface area contributed by atoms with Crippen LogP contribution in [0.15, 0.2) is 30.0 Å². The summed E-state index contributed by atoms with van der Waals surface area (Å²) in [6.07, 6.45) is 7.20. The second kappa shape index (κ2) is 4.59. The predicted molar refractivity (Wildman–Crippen MR) is 78.6 cm³/mol. The van der Waals surface area contributed by atoms with Gasteiger partial charge in [0.05, 0.1) is 7.11 Å². The van der Waals surface area contributed by atoms with Gasteiger partial charge in [0.15, 0.2) is 0 Å². The van der Waals surface area contributed by atoms with E-state index >= 15 is 0 Å². The second-order valence-electron chi connectivity index (χ2n) is 5.82. The molecular weight excluding hydrogens is 234 g/mol. The van der Waals surface area contributed by atoms with Crippen molar-refractivity contribution in [3.63, 3.8) is 0 Å². The van der Waals surface area contributed by atoms with Gasteiger partial charge >= 0.3 is 0 Å². The third-order valence-electron chi connectivity index (χ3n) is 4.80. The molecular formula is C17H23NO. The van der Waals surface area contributed by atoms with Crippen LogP contribution in [-0.4, -0.2) is 25.6 Å². The molecule has 1 heterocycles. The van der Waals surface area contributed by atoms with Gasteiger partial charge in [0.25, 0.3) is 0 Å². The van der Waals surface area contributed by atoms with Crippen LogP contribution in [-0.2, 0) is 11.8 Å². The Bertz CT molecular complexity index is 516. The van der Waals surface area contributed by atoms with E-state index in [1.807, 2.05) is 0 Å². The Balaban J connectivity index is 2.15. The van der Waals surface area contributed by atoms with Crippen molar-refractivity contribution in [1.82, 2.24) is 4.90 Å². The Morgan fingerprint density at radius 1 is 1.37 bits per heavy atom. The molecule has 0 amide bonds. The number of rotatable bonds is 3. The Hall–Kier alpha value is -1.44. The molecule has 0 unspecified atom stereocenters. The molecule has 0 spiro atoms. The van der Waals surface area contributed by atoms with E-state index in [2.05, 4.69) is 43.1 Å². The summed E-state index contributed by atoms with van der Waals surface area (Å²) in [6, 6.07) is 6.62. The first kappa shape index (κ1) is 12.6. The number of methoxy groups -OCH3 is 1. The fourth-order valence-electron chi connectivity index (χ4n) is 3.92. The summed E-state index contributed by atoms with van der Waals surface area (Å²) in [5, 5.41) is 0. The average molecular weight is 257 g/mol. The van der Waals surface area contributed by atoms with Gasteiger partial charge in [0.2, 0.25) is 0 Å². The van der Waals surface area contributed by atoms with Gasteiger partial charge in [0.1, 0.15) is 5.75 Å². The summed E-state index contributed by atoms with van der Waals surface area (Å²) >= 11 is 0. The lowest BCUT2D eigenvalue weighted by Crippen LogP contribution is -2.31. The summed E-state index contributed by atoms with van der Waals surface area (Å²) in [5.41, 5.74) is 4.77. The van der Waals surface area contributed by atoms with Gasteiger partial charge in [-0.1, -0.05) is 25.5 Å². The maximum absolute atomic E-state index is 5.45. The van der Waals surface area contributed by atoms with Crippen molar-refractivity contribution < 1.29 is 4.74 Å². The van der Waals surface area contributed by atoms with Crippen LogP contribution in [0.2, 0.25) is 0 Å². The van der Waals surface area contributed by atoms with Crippen LogP contribution in [0.25, 0.3) is 0 Å². The largest absolute Gasteiger partial charge is 0.497 e. The van der Waals surface area contributed by atoms with Crippen molar-refractivity contribution in [3.05, 3.63) is 41.1 Å². The van der Waals surface area contributed by atoms with Crippen molar-refractivity contribution in [1.29, 1.82) is 0 Å². The molecule has 2 nitrogen and oxygen atoms in total. The predicted octanol–water partition coefficient (Wildman–Crippen LogP) is 3.51. The van der Waals surface area contributed by atoms with Crippen LogP contribution >= 0.6 is 0 Å². The first-order valence-electron chi connectivity index (χ1n) is 7.30. The number of fused-ring (bicyclic) bond motifs is 3. The van der Waals surface area contributed by atoms with Crippen LogP contribution in [0.4, 0.5) is 0 Å². The molecule has 2 heteroatoms. The van der Waals surface area contributed by atoms with Gasteiger partial charge in [-0.05, 0) is 42.5 Å². The lowest BCUT2D eigenvalue weighted by atomic mass is 9.69. The summed E-state index contributed by atoms with van der Waals surface area (Å²) in [4.78, 5) is 2.44. The molecule has 1 aliphatic heterocycles. The lowest BCUT2D eigenvalue weighted by Gasteiger charge is -2.37. The van der Waals surface area contributed by atoms with Crippen LogP contribution in [0, 0.1) is 0 Å². The van der Waals surface area contributed by atoms with Gasteiger partial charge in [-0.2, -0.15) is 0 Å². The molecule has 0 saturated carbocycles. The Kier molecular flexibility index (Phi) is 3.04. The van der Waals surface area contributed by atoms with Crippen LogP contribution in [0.1, 0.15) is 37.3 Å². The van der Waals surface area contributed by atoms with E-state index in [0.29, 0.717) is 0 Å². The zero-order valence-electron chi connectivity index (χ0n) is 12.2. The third-order valence-corrected chi connectivity index (χ3v) is 4.80. The highest BCUT2D eigenvalue weighted by Gasteiger charge is 2.44. The molecule has 1 saturated heterocycles. The van der Waals surface area contributed by atoms with Crippen molar-refractivity contribution in [3.8, 4) is 5.75 Å². The molecule has 19 heavy (non-hydrogen) atoms. The fraction of sp³-hybridized carbons (Fsp3) is 0.529. The number of hydrogen-bond donors (Lipinski definition) is 0. The van der Waals surface area contributed by atoms with Crippen molar-refractivity contribution in [2.24, 2.45) is 0 Å². The van der Waals surface area contributed by atoms with Crippen LogP contribution in [0.3, 0.4) is 0 Å². The second-order valence-corrected chi connectivity index (χ2v) is 5.82. The number of allylic oxidation sites excluding steroid dienone is 2. The smallest absolute Gasteiger partial charge is 0.119 e. The normalized spacial score (nSPS) is 24.8. The standard InChI is InChI=1S/C17H23NO/c1-4-9-17-10-11-18(2)16(17)8-6-13-5-7-14(19-3)12-15(13)17/h5,7-8,12H,4,6,9-11H2,1-3H3/t17-/m0/s1. The number of ether oxygens (including phenoxy) is 1. The molecule has 1 aliphatic carbocycles. The van der Waals surface area contributed by atoms with E-state index in [9.17, 15) is 0 Å². The monoisotopic (exact) mass is 257 g/mol. The van der Waals surface area contributed by atoms with E-state index in [1.165, 1.54) is 42.6 Å². The molecule has 0 bridgehead atoms. The first-order chi connectivity index (χ1) is 9.21. The van der Waals surface area contributed by atoms with E-state index in [4.69, 9.17) is 4.74 Å². The number of nitrogens with zero attached hydrogens (tertiary/aromatic N) is 1. The van der Waals surface area contributed by atoms with Gasteiger partial charge < -0.3 is 9.64 Å². The van der Waals surface area contributed by atoms with E-state index < -0.39 is 0 Å². The third kappa shape index (κ3) is 1.77. The molecule has 0 radical (unpaired) electrons. The highest BCUT2D eigenvalue weighted by atomic mass is 16.5. The molecule has 0 aromatic heterocycles. The van der Waals surface area contributed by atoms with E-state index in [1.54, 1.807) is 7.11 Å². The molecule has 0 N–H and O–H groups in total. The minimum atomic E-state index is 0.242. The summed E-state index contributed by atoms with van der Waals surface area (Å²) in [6.45, 7) is 3.46. The van der Waals surface area contributed by atoms with E-state index in [-0.39, 0.29) is 5.41 Å². The number of likely N-dealkylation sites (N-methyl/N-ethyl adjacent to an activating group) is 1. The van der Waals surface area contributed by atoms with Crippen LogP contribution in [0.5, 0.6) is 5.75 Å². The molecule has 2 aliphatic rings. The van der Waals surface area contributed by atoms with Crippen molar-refractivity contribution in [2.75, 3.05) is 20.7 Å². The number of hydrogen-bond acceptors (Lipinski definition) is 2. The Morgan fingerprint density at radius 3 is 2.95 bits per heavy atom. The molecule has 1 atom stereocenters. The Morgan fingerprint density at radius 2 is 2.21 bits per heavy atom. The minimum Gasteiger partial charge on any atom is -0.497 e. The van der Waals surface area contributed by atoms with E-state index in [0.717, 1.165) is 12.2 Å². The molecule has 3 rings (SSSR count). The first-order valence-corrected chi connectivity index (χ1v) is 7.30. The fourth-order valence-corrected chi connectivity index (χ4v) is 3.92. The topological polar surface area (TPSA) is 12.5 Å². The van der Waals surface area contributed by atoms with Crippen molar-refractivity contribution >= 4 is 0 Å². The number of likely N-dealkylation sites (tertiary alicyclic amines) is 1. The number of benzene rings is 1. The summed E-state index contributed by atoms with van der Waals surface area (Å²) < 4.78 is 5.45. The maximum atomic E-state index is 5.45. The van der Waals surface area contributed by atoms with Crippen molar-refractivity contribution in [2.45, 2.75) is 38.0 Å². The average Bonchev–Trinajstić information content (AvgIpc) is 2.77. The maximum Gasteiger partial charge on any atom is 0.119 e. The highest BCUT2D eigenvalue weighted by Crippen LogP contribution is 2.50. The Labute approximate surface area is 116 Å². The van der Waals surface area contributed by atoms with Gasteiger partial charge in [-0.25, -0.2) is 0 Å². The zero-order chi connectivity index (χ0) is 13.5.